The van der Waals surface area contributed by atoms with Gasteiger partial charge in [-0.15, -0.1) is 0 Å². The molecule has 1 aliphatic rings. The summed E-state index contributed by atoms with van der Waals surface area (Å²) in [5.41, 5.74) is 1.03. The van der Waals surface area contributed by atoms with Gasteiger partial charge in [0.25, 0.3) is 0 Å². The predicted octanol–water partition coefficient (Wildman–Crippen LogP) is 3.44. The average Bonchev–Trinajstić information content (AvgIpc) is 3.24. The molecule has 1 aromatic carbocycles. The zero-order chi connectivity index (χ0) is 18.5. The van der Waals surface area contributed by atoms with Crippen LogP contribution in [0.2, 0.25) is 0 Å². The highest BCUT2D eigenvalue weighted by Crippen LogP contribution is 2.29. The van der Waals surface area contributed by atoms with Gasteiger partial charge in [-0.25, -0.2) is 9.97 Å². The third-order valence-corrected chi connectivity index (χ3v) is 5.37. The largest absolute Gasteiger partial charge is 0.492 e. The summed E-state index contributed by atoms with van der Waals surface area (Å²) in [5.74, 6) is 2.78. The van der Waals surface area contributed by atoms with Crippen LogP contribution in [0, 0.1) is 0 Å². The maximum atomic E-state index is 5.95. The number of piperazine rings is 1. The van der Waals surface area contributed by atoms with Crippen LogP contribution in [0.4, 0.5) is 5.82 Å². The molecule has 0 amide bonds. The van der Waals surface area contributed by atoms with Gasteiger partial charge < -0.3 is 14.6 Å². The fourth-order valence-electron chi connectivity index (χ4n) is 3.22. The topological polar surface area (TPSA) is 57.3 Å². The Morgan fingerprint density at radius 2 is 1.93 bits per heavy atom. The number of H-pyrrole nitrogens is 1. The van der Waals surface area contributed by atoms with Crippen molar-refractivity contribution in [1.82, 2.24) is 19.9 Å². The monoisotopic (exact) mass is 427 g/mol. The zero-order valence-corrected chi connectivity index (χ0v) is 16.6. The van der Waals surface area contributed by atoms with Gasteiger partial charge in [0.15, 0.2) is 0 Å². The lowest BCUT2D eigenvalue weighted by atomic mass is 10.2. The van der Waals surface area contributed by atoms with E-state index in [4.69, 9.17) is 4.74 Å². The normalized spacial score (nSPS) is 15.1. The average molecular weight is 428 g/mol. The zero-order valence-electron chi connectivity index (χ0n) is 15.0. The van der Waals surface area contributed by atoms with E-state index in [1.165, 1.54) is 0 Å². The van der Waals surface area contributed by atoms with Gasteiger partial charge in [0.2, 0.25) is 0 Å². The second-order valence-electron chi connectivity index (χ2n) is 6.44. The molecule has 3 heterocycles. The lowest BCUT2D eigenvalue weighted by Gasteiger charge is -2.35. The maximum Gasteiger partial charge on any atom is 0.138 e. The van der Waals surface area contributed by atoms with Crippen LogP contribution in [0.15, 0.2) is 59.5 Å². The van der Waals surface area contributed by atoms with Crippen molar-refractivity contribution in [2.75, 3.05) is 44.2 Å². The Labute approximate surface area is 167 Å². The molecule has 1 saturated heterocycles. The Balaban J connectivity index is 1.24. The van der Waals surface area contributed by atoms with E-state index in [0.29, 0.717) is 6.61 Å². The molecule has 0 radical (unpaired) electrons. The summed E-state index contributed by atoms with van der Waals surface area (Å²) in [5, 5.41) is 0. The summed E-state index contributed by atoms with van der Waals surface area (Å²) >= 11 is 3.60. The van der Waals surface area contributed by atoms with Crippen molar-refractivity contribution in [1.29, 1.82) is 0 Å². The van der Waals surface area contributed by atoms with Crippen molar-refractivity contribution in [2.45, 2.75) is 0 Å². The van der Waals surface area contributed by atoms with Crippen molar-refractivity contribution in [3.05, 3.63) is 59.5 Å². The van der Waals surface area contributed by atoms with E-state index in [2.05, 4.69) is 46.7 Å². The van der Waals surface area contributed by atoms with Gasteiger partial charge in [-0.1, -0.05) is 6.07 Å². The van der Waals surface area contributed by atoms with Crippen LogP contribution in [0.1, 0.15) is 0 Å². The van der Waals surface area contributed by atoms with E-state index in [-0.39, 0.29) is 0 Å². The van der Waals surface area contributed by atoms with Gasteiger partial charge in [0.1, 0.15) is 24.0 Å². The molecule has 6 nitrogen and oxygen atoms in total. The molecule has 0 aliphatic carbocycles. The number of rotatable bonds is 6. The number of aromatic nitrogens is 3. The van der Waals surface area contributed by atoms with Gasteiger partial charge >= 0.3 is 0 Å². The minimum absolute atomic E-state index is 0.677. The van der Waals surface area contributed by atoms with Gasteiger partial charge in [-0.05, 0) is 46.3 Å². The Kier molecular flexibility index (Phi) is 5.69. The molecule has 2 aromatic heterocycles. The van der Waals surface area contributed by atoms with E-state index in [1.54, 1.807) is 6.20 Å². The van der Waals surface area contributed by atoms with E-state index >= 15 is 0 Å². The second-order valence-corrected chi connectivity index (χ2v) is 7.30. The number of benzene rings is 1. The number of hydrogen-bond acceptors (Lipinski definition) is 5. The predicted molar refractivity (Wildman–Crippen MR) is 110 cm³/mol. The molecule has 1 aliphatic heterocycles. The first kappa shape index (κ1) is 18.0. The number of nitrogens with one attached hydrogen (secondary N) is 1. The lowest BCUT2D eigenvalue weighted by Crippen LogP contribution is -2.47. The maximum absolute atomic E-state index is 5.95. The summed E-state index contributed by atoms with van der Waals surface area (Å²) in [6.45, 7) is 5.66. The summed E-state index contributed by atoms with van der Waals surface area (Å²) in [6.07, 6.45) is 5.42. The van der Waals surface area contributed by atoms with Crippen LogP contribution in [-0.2, 0) is 0 Å². The summed E-state index contributed by atoms with van der Waals surface area (Å²) in [6, 6.07) is 12.1. The number of halogens is 1. The first-order valence-electron chi connectivity index (χ1n) is 9.10. The molecule has 0 saturated carbocycles. The Bertz CT molecular complexity index is 848. The molecular formula is C20H22BrN5O. The molecule has 0 spiro atoms. The minimum Gasteiger partial charge on any atom is -0.492 e. The molecule has 7 heteroatoms. The highest BCUT2D eigenvalue weighted by atomic mass is 79.9. The molecule has 1 N–H and O–H groups in total. The molecule has 0 atom stereocenters. The van der Waals surface area contributed by atoms with E-state index in [9.17, 15) is 0 Å². The Morgan fingerprint density at radius 1 is 1.04 bits per heavy atom. The third-order valence-electron chi connectivity index (χ3n) is 4.72. The molecular weight excluding hydrogens is 406 g/mol. The van der Waals surface area contributed by atoms with Gasteiger partial charge in [-0.3, -0.25) is 4.90 Å². The summed E-state index contributed by atoms with van der Waals surface area (Å²) in [4.78, 5) is 16.6. The van der Waals surface area contributed by atoms with Gasteiger partial charge in [-0.2, -0.15) is 0 Å². The molecule has 27 heavy (non-hydrogen) atoms. The summed E-state index contributed by atoms with van der Waals surface area (Å²) < 4.78 is 6.92. The number of pyridine rings is 1. The second kappa shape index (κ2) is 8.54. The van der Waals surface area contributed by atoms with Crippen molar-refractivity contribution in [2.24, 2.45) is 0 Å². The quantitative estimate of drug-likeness (QED) is 0.652. The van der Waals surface area contributed by atoms with Crippen LogP contribution in [0.3, 0.4) is 0 Å². The smallest absolute Gasteiger partial charge is 0.138 e. The number of imidazole rings is 1. The van der Waals surface area contributed by atoms with Gasteiger partial charge in [0, 0.05) is 61.4 Å². The highest BCUT2D eigenvalue weighted by Gasteiger charge is 2.17. The minimum atomic E-state index is 0.677. The Hall–Kier alpha value is -2.38. The lowest BCUT2D eigenvalue weighted by molar-refractivity contribution is 0.200. The van der Waals surface area contributed by atoms with E-state index in [1.807, 2.05) is 42.7 Å². The van der Waals surface area contributed by atoms with Crippen molar-refractivity contribution < 1.29 is 4.74 Å². The third kappa shape index (κ3) is 4.48. The Morgan fingerprint density at radius 3 is 2.63 bits per heavy atom. The number of hydrogen-bond donors (Lipinski definition) is 1. The first-order chi connectivity index (χ1) is 13.3. The van der Waals surface area contributed by atoms with E-state index in [0.717, 1.165) is 60.2 Å². The standard InChI is InChI=1S/C20H22BrN5O/c21-18-15-16(4-5-17(18)20-23-7-8-24-20)27-14-13-25-9-11-26(12-10-25)19-3-1-2-6-22-19/h1-8,15H,9-14H2,(H,23,24). The number of ether oxygens (including phenoxy) is 1. The SMILES string of the molecule is Brc1cc(OCCN2CCN(c3ccccn3)CC2)ccc1-c1ncc[nH]1. The fourth-order valence-corrected chi connectivity index (χ4v) is 3.77. The molecule has 140 valence electrons. The van der Waals surface area contributed by atoms with Crippen molar-refractivity contribution in [3.8, 4) is 17.1 Å². The molecule has 0 unspecified atom stereocenters. The van der Waals surface area contributed by atoms with Crippen LogP contribution in [0.25, 0.3) is 11.4 Å². The van der Waals surface area contributed by atoms with Crippen molar-refractivity contribution >= 4 is 21.7 Å². The van der Waals surface area contributed by atoms with Crippen LogP contribution < -0.4 is 9.64 Å². The van der Waals surface area contributed by atoms with Crippen LogP contribution in [0.5, 0.6) is 5.75 Å². The van der Waals surface area contributed by atoms with Crippen molar-refractivity contribution in [3.63, 3.8) is 0 Å². The van der Waals surface area contributed by atoms with Gasteiger partial charge in [0.05, 0.1) is 0 Å². The van der Waals surface area contributed by atoms with Crippen LogP contribution >= 0.6 is 15.9 Å². The highest BCUT2D eigenvalue weighted by molar-refractivity contribution is 9.10. The molecule has 3 aromatic rings. The molecule has 0 bridgehead atoms. The molecule has 1 fully saturated rings. The van der Waals surface area contributed by atoms with Crippen LogP contribution in [-0.4, -0.2) is 59.2 Å². The summed E-state index contributed by atoms with van der Waals surface area (Å²) in [7, 11) is 0. The first-order valence-corrected chi connectivity index (χ1v) is 9.89. The molecule has 4 rings (SSSR count). The number of anilines is 1. The number of aromatic amines is 1. The van der Waals surface area contributed by atoms with E-state index < -0.39 is 0 Å². The number of nitrogens with zero attached hydrogens (tertiary/aromatic N) is 4. The fraction of sp³-hybridized carbons (Fsp3) is 0.300.